The molecule has 31 heavy (non-hydrogen) atoms. The van der Waals surface area contributed by atoms with Crippen molar-refractivity contribution in [1.82, 2.24) is 20.1 Å². The van der Waals surface area contributed by atoms with Crippen LogP contribution in [0.2, 0.25) is 5.02 Å². The van der Waals surface area contributed by atoms with E-state index in [1.165, 1.54) is 11.8 Å². The van der Waals surface area contributed by atoms with Gasteiger partial charge in [0.05, 0.1) is 22.5 Å². The van der Waals surface area contributed by atoms with Gasteiger partial charge < -0.3 is 15.2 Å². The molecular formula is C22H24ClN5O2S. The Morgan fingerprint density at radius 2 is 1.74 bits per heavy atom. The van der Waals surface area contributed by atoms with Crippen LogP contribution < -0.4 is 10.6 Å². The van der Waals surface area contributed by atoms with Crippen molar-refractivity contribution in [2.75, 3.05) is 11.1 Å². The molecule has 0 spiro atoms. The summed E-state index contributed by atoms with van der Waals surface area (Å²) >= 11 is 7.35. The Morgan fingerprint density at radius 1 is 1.06 bits per heavy atom. The van der Waals surface area contributed by atoms with Crippen molar-refractivity contribution in [1.29, 1.82) is 0 Å². The van der Waals surface area contributed by atoms with E-state index >= 15 is 0 Å². The molecule has 3 rings (SSSR count). The lowest BCUT2D eigenvalue weighted by Crippen LogP contribution is -2.33. The van der Waals surface area contributed by atoms with E-state index in [9.17, 15) is 9.59 Å². The molecule has 7 nitrogen and oxygen atoms in total. The smallest absolute Gasteiger partial charge is 0.251 e. The van der Waals surface area contributed by atoms with E-state index in [0.29, 0.717) is 27.3 Å². The summed E-state index contributed by atoms with van der Waals surface area (Å²) in [5.74, 6) is 0.515. The summed E-state index contributed by atoms with van der Waals surface area (Å²) in [4.78, 5) is 24.9. The third-order valence-corrected chi connectivity index (χ3v) is 5.97. The van der Waals surface area contributed by atoms with Crippen molar-refractivity contribution in [2.24, 2.45) is 13.0 Å². The third-order valence-electron chi connectivity index (χ3n) is 4.62. The van der Waals surface area contributed by atoms with Crippen LogP contribution in [0.4, 0.5) is 5.69 Å². The minimum atomic E-state index is -0.323. The van der Waals surface area contributed by atoms with Crippen molar-refractivity contribution in [3.63, 3.8) is 0 Å². The van der Waals surface area contributed by atoms with Gasteiger partial charge in [-0.3, -0.25) is 9.59 Å². The molecule has 0 saturated heterocycles. The monoisotopic (exact) mass is 457 g/mol. The minimum Gasteiger partial charge on any atom is -0.342 e. The van der Waals surface area contributed by atoms with Crippen molar-refractivity contribution in [3.05, 3.63) is 71.0 Å². The maximum absolute atomic E-state index is 12.6. The third kappa shape index (κ3) is 5.86. The molecule has 0 unspecified atom stereocenters. The number of carbonyl (C=O) groups is 2. The number of aromatic nitrogens is 3. The molecule has 0 aliphatic rings. The average molecular weight is 458 g/mol. The van der Waals surface area contributed by atoms with Gasteiger partial charge in [0, 0.05) is 12.6 Å². The van der Waals surface area contributed by atoms with Crippen LogP contribution in [0, 0.1) is 5.92 Å². The fraction of sp³-hybridized carbons (Fsp3) is 0.273. The topological polar surface area (TPSA) is 88.9 Å². The van der Waals surface area contributed by atoms with Crippen molar-refractivity contribution < 1.29 is 9.59 Å². The summed E-state index contributed by atoms with van der Waals surface area (Å²) in [6.45, 7) is 4.02. The number of nitrogens with zero attached hydrogens (tertiary/aromatic N) is 3. The molecule has 1 heterocycles. The number of amides is 2. The number of nitrogens with one attached hydrogen (secondary N) is 2. The van der Waals surface area contributed by atoms with Crippen molar-refractivity contribution in [3.8, 4) is 0 Å². The van der Waals surface area contributed by atoms with Crippen molar-refractivity contribution >= 4 is 40.9 Å². The SMILES string of the molecule is CC(C)[C@H](NC(=O)c1ccccc1)c1nnc(SCC(=O)Nc2ccccc2Cl)n1C. The van der Waals surface area contributed by atoms with E-state index in [2.05, 4.69) is 20.8 Å². The first-order chi connectivity index (χ1) is 14.9. The number of hydrogen-bond donors (Lipinski definition) is 2. The molecule has 9 heteroatoms. The molecule has 0 aliphatic carbocycles. The van der Waals surface area contributed by atoms with Crippen LogP contribution in [0.15, 0.2) is 59.8 Å². The molecule has 0 radical (unpaired) electrons. The van der Waals surface area contributed by atoms with Crippen molar-refractivity contribution in [2.45, 2.75) is 25.0 Å². The zero-order chi connectivity index (χ0) is 22.4. The number of para-hydroxylation sites is 1. The van der Waals surface area contributed by atoms with E-state index in [-0.39, 0.29) is 29.5 Å². The van der Waals surface area contributed by atoms with Gasteiger partial charge >= 0.3 is 0 Å². The van der Waals surface area contributed by atoms with Gasteiger partial charge in [0.2, 0.25) is 5.91 Å². The molecule has 0 fully saturated rings. The van der Waals surface area contributed by atoms with Crippen LogP contribution in [0.25, 0.3) is 0 Å². The predicted octanol–water partition coefficient (Wildman–Crippen LogP) is 4.33. The lowest BCUT2D eigenvalue weighted by molar-refractivity contribution is -0.113. The molecule has 3 aromatic rings. The summed E-state index contributed by atoms with van der Waals surface area (Å²) in [7, 11) is 1.83. The summed E-state index contributed by atoms with van der Waals surface area (Å²) in [6, 6.07) is 15.8. The summed E-state index contributed by atoms with van der Waals surface area (Å²) in [5.41, 5.74) is 1.15. The fourth-order valence-electron chi connectivity index (χ4n) is 2.95. The quantitative estimate of drug-likeness (QED) is 0.491. The Bertz CT molecular complexity index is 1060. The Kier molecular flexibility index (Phi) is 7.70. The highest BCUT2D eigenvalue weighted by Gasteiger charge is 2.25. The summed E-state index contributed by atoms with van der Waals surface area (Å²) in [6.07, 6.45) is 0. The summed E-state index contributed by atoms with van der Waals surface area (Å²) in [5, 5.41) is 15.4. The Hall–Kier alpha value is -2.84. The van der Waals surface area contributed by atoms with E-state index < -0.39 is 0 Å². The number of carbonyl (C=O) groups excluding carboxylic acids is 2. The van der Waals surface area contributed by atoms with Crippen LogP contribution in [-0.4, -0.2) is 32.3 Å². The lowest BCUT2D eigenvalue weighted by atomic mass is 10.0. The Labute approximate surface area is 190 Å². The van der Waals surface area contributed by atoms with E-state index in [1.807, 2.05) is 43.7 Å². The largest absolute Gasteiger partial charge is 0.342 e. The van der Waals surface area contributed by atoms with Crippen LogP contribution >= 0.6 is 23.4 Å². The average Bonchev–Trinajstić information content (AvgIpc) is 3.12. The molecule has 1 atom stereocenters. The second-order valence-electron chi connectivity index (χ2n) is 7.28. The molecule has 2 aromatic carbocycles. The number of benzene rings is 2. The maximum atomic E-state index is 12.6. The molecule has 0 aliphatic heterocycles. The van der Waals surface area contributed by atoms with E-state index in [4.69, 9.17) is 11.6 Å². The van der Waals surface area contributed by atoms with E-state index in [0.717, 1.165) is 0 Å². The molecule has 0 saturated carbocycles. The molecule has 2 N–H and O–H groups in total. The van der Waals surface area contributed by atoms with Crippen LogP contribution in [0.5, 0.6) is 0 Å². The number of anilines is 1. The Balaban J connectivity index is 1.66. The summed E-state index contributed by atoms with van der Waals surface area (Å²) < 4.78 is 1.81. The molecular weight excluding hydrogens is 434 g/mol. The van der Waals surface area contributed by atoms with Gasteiger partial charge in [-0.25, -0.2) is 0 Å². The number of thioether (sulfide) groups is 1. The first-order valence-electron chi connectivity index (χ1n) is 9.79. The highest BCUT2D eigenvalue weighted by molar-refractivity contribution is 7.99. The molecule has 2 amide bonds. The fourth-order valence-corrected chi connectivity index (χ4v) is 3.85. The zero-order valence-corrected chi connectivity index (χ0v) is 19.1. The predicted molar refractivity (Wildman–Crippen MR) is 123 cm³/mol. The van der Waals surface area contributed by atoms with Crippen LogP contribution in [0.1, 0.15) is 36.1 Å². The first-order valence-corrected chi connectivity index (χ1v) is 11.2. The van der Waals surface area contributed by atoms with Crippen LogP contribution in [0.3, 0.4) is 0 Å². The second-order valence-corrected chi connectivity index (χ2v) is 8.63. The van der Waals surface area contributed by atoms with Gasteiger partial charge in [-0.15, -0.1) is 10.2 Å². The normalized spacial score (nSPS) is 11.9. The zero-order valence-electron chi connectivity index (χ0n) is 17.5. The minimum absolute atomic E-state index is 0.0944. The number of rotatable bonds is 8. The Morgan fingerprint density at radius 3 is 2.42 bits per heavy atom. The van der Waals surface area contributed by atoms with Gasteiger partial charge in [-0.2, -0.15) is 0 Å². The van der Waals surface area contributed by atoms with Gasteiger partial charge in [0.25, 0.3) is 5.91 Å². The van der Waals surface area contributed by atoms with E-state index in [1.54, 1.807) is 36.4 Å². The van der Waals surface area contributed by atoms with Gasteiger partial charge in [-0.1, -0.05) is 67.5 Å². The highest BCUT2D eigenvalue weighted by Crippen LogP contribution is 2.25. The lowest BCUT2D eigenvalue weighted by Gasteiger charge is -2.21. The maximum Gasteiger partial charge on any atom is 0.251 e. The van der Waals surface area contributed by atoms with Crippen LogP contribution in [-0.2, 0) is 11.8 Å². The highest BCUT2D eigenvalue weighted by atomic mass is 35.5. The molecule has 1 aromatic heterocycles. The number of hydrogen-bond acceptors (Lipinski definition) is 5. The molecule has 0 bridgehead atoms. The standard InChI is InChI=1S/C22H24ClN5O2S/c1-14(2)19(25-21(30)15-9-5-4-6-10-15)20-26-27-22(28(20)3)31-13-18(29)24-17-12-8-7-11-16(17)23/h4-12,14,19H,13H2,1-3H3,(H,24,29)(H,25,30)/t19-/m0/s1. The van der Waals surface area contributed by atoms with Gasteiger partial charge in [0.1, 0.15) is 0 Å². The molecule has 162 valence electrons. The number of halogens is 1. The van der Waals surface area contributed by atoms with Gasteiger partial charge in [0.15, 0.2) is 11.0 Å². The van der Waals surface area contributed by atoms with Gasteiger partial charge in [-0.05, 0) is 30.2 Å². The second kappa shape index (κ2) is 10.5. The first kappa shape index (κ1) is 22.8.